The number of hydrogen-bond donors (Lipinski definition) is 1. The standard InChI is InChI=1S/C17H26O6S/c1-11(2)22-17-14(12(3)10-24(18,19)20)23-15(16(17)21-4)13-8-6-5-7-9-13/h5-9,11-12,14-17H,10H2,1-4H3,(H,18,19,20)/t12?,14-,15+,16+,17-/m1/s1. The minimum atomic E-state index is -4.10. The summed E-state index contributed by atoms with van der Waals surface area (Å²) in [5.74, 6) is -0.816. The molecule has 1 heterocycles. The molecule has 1 N–H and O–H groups in total. The van der Waals surface area contributed by atoms with E-state index in [0.717, 1.165) is 5.56 Å². The van der Waals surface area contributed by atoms with Gasteiger partial charge in [-0.25, -0.2) is 0 Å². The first-order chi connectivity index (χ1) is 11.2. The van der Waals surface area contributed by atoms with Gasteiger partial charge < -0.3 is 14.2 Å². The Morgan fingerprint density at radius 1 is 1.17 bits per heavy atom. The highest BCUT2D eigenvalue weighted by molar-refractivity contribution is 7.85. The van der Waals surface area contributed by atoms with Gasteiger partial charge in [-0.3, -0.25) is 4.55 Å². The molecule has 0 aliphatic carbocycles. The summed E-state index contributed by atoms with van der Waals surface area (Å²) in [5, 5.41) is 0. The van der Waals surface area contributed by atoms with Crippen molar-refractivity contribution in [3.63, 3.8) is 0 Å². The van der Waals surface area contributed by atoms with E-state index < -0.39 is 28.2 Å². The van der Waals surface area contributed by atoms with Gasteiger partial charge in [0.15, 0.2) is 0 Å². The maximum absolute atomic E-state index is 11.3. The van der Waals surface area contributed by atoms with Crippen LogP contribution >= 0.6 is 0 Å². The molecule has 2 rings (SSSR count). The molecule has 0 saturated carbocycles. The monoisotopic (exact) mass is 358 g/mol. The molecule has 0 radical (unpaired) electrons. The highest BCUT2D eigenvalue weighted by Gasteiger charge is 2.49. The number of ether oxygens (including phenoxy) is 3. The molecule has 136 valence electrons. The highest BCUT2D eigenvalue weighted by atomic mass is 32.2. The summed E-state index contributed by atoms with van der Waals surface area (Å²) >= 11 is 0. The SMILES string of the molecule is CO[C@@H]1[C@H](OC(C)C)[C@@H](C(C)CS(=O)(=O)O)O[C@H]1c1ccccc1. The molecule has 0 bridgehead atoms. The molecular formula is C17H26O6S. The Morgan fingerprint density at radius 2 is 1.79 bits per heavy atom. The first-order valence-electron chi connectivity index (χ1n) is 8.06. The van der Waals surface area contributed by atoms with Gasteiger partial charge in [-0.05, 0) is 19.4 Å². The lowest BCUT2D eigenvalue weighted by atomic mass is 9.96. The fourth-order valence-corrected chi connectivity index (χ4v) is 4.06. The Morgan fingerprint density at radius 3 is 2.29 bits per heavy atom. The third-order valence-electron chi connectivity index (χ3n) is 4.11. The van der Waals surface area contributed by atoms with Gasteiger partial charge in [-0.1, -0.05) is 37.3 Å². The van der Waals surface area contributed by atoms with Crippen molar-refractivity contribution in [2.45, 2.75) is 51.3 Å². The van der Waals surface area contributed by atoms with Crippen LogP contribution in [0.15, 0.2) is 30.3 Å². The third-order valence-corrected chi connectivity index (χ3v) is 5.06. The topological polar surface area (TPSA) is 82.1 Å². The smallest absolute Gasteiger partial charge is 0.265 e. The van der Waals surface area contributed by atoms with E-state index in [1.807, 2.05) is 44.2 Å². The minimum Gasteiger partial charge on any atom is -0.376 e. The zero-order valence-electron chi connectivity index (χ0n) is 14.5. The number of benzene rings is 1. The molecule has 1 fully saturated rings. The maximum atomic E-state index is 11.3. The van der Waals surface area contributed by atoms with Crippen LogP contribution in [-0.4, -0.2) is 50.2 Å². The quantitative estimate of drug-likeness (QED) is 0.754. The van der Waals surface area contributed by atoms with Gasteiger partial charge >= 0.3 is 0 Å². The zero-order chi connectivity index (χ0) is 17.9. The van der Waals surface area contributed by atoms with Gasteiger partial charge in [-0.2, -0.15) is 8.42 Å². The zero-order valence-corrected chi connectivity index (χ0v) is 15.3. The maximum Gasteiger partial charge on any atom is 0.265 e. The van der Waals surface area contributed by atoms with Crippen molar-refractivity contribution in [3.05, 3.63) is 35.9 Å². The first-order valence-corrected chi connectivity index (χ1v) is 9.67. The van der Waals surface area contributed by atoms with Crippen LogP contribution < -0.4 is 0 Å². The summed E-state index contributed by atoms with van der Waals surface area (Å²) in [5.41, 5.74) is 0.947. The van der Waals surface area contributed by atoms with Crippen LogP contribution in [0.3, 0.4) is 0 Å². The molecule has 1 aliphatic rings. The van der Waals surface area contributed by atoms with E-state index >= 15 is 0 Å². The summed E-state index contributed by atoms with van der Waals surface area (Å²) in [6, 6.07) is 9.63. The fourth-order valence-electron chi connectivity index (χ4n) is 3.21. The van der Waals surface area contributed by atoms with Crippen LogP contribution in [0.25, 0.3) is 0 Å². The largest absolute Gasteiger partial charge is 0.376 e. The van der Waals surface area contributed by atoms with E-state index in [-0.39, 0.29) is 24.1 Å². The lowest BCUT2D eigenvalue weighted by molar-refractivity contribution is -0.0841. The Kier molecular flexibility index (Phi) is 6.39. The van der Waals surface area contributed by atoms with Gasteiger partial charge in [0.2, 0.25) is 0 Å². The predicted molar refractivity (Wildman–Crippen MR) is 90.4 cm³/mol. The molecule has 0 amide bonds. The van der Waals surface area contributed by atoms with Gasteiger partial charge in [0.1, 0.15) is 18.3 Å². The molecule has 24 heavy (non-hydrogen) atoms. The van der Waals surface area contributed by atoms with Gasteiger partial charge in [0.25, 0.3) is 10.1 Å². The van der Waals surface area contributed by atoms with E-state index in [1.54, 1.807) is 14.0 Å². The molecule has 7 heteroatoms. The van der Waals surface area contributed by atoms with Crippen molar-refractivity contribution in [3.8, 4) is 0 Å². The van der Waals surface area contributed by atoms with Crippen LogP contribution in [0.2, 0.25) is 0 Å². The van der Waals surface area contributed by atoms with Crippen molar-refractivity contribution in [2.75, 3.05) is 12.9 Å². The predicted octanol–water partition coefficient (Wildman–Crippen LogP) is 2.46. The first kappa shape index (κ1) is 19.3. The normalized spacial score (nSPS) is 29.1. The molecule has 1 saturated heterocycles. The van der Waals surface area contributed by atoms with Crippen LogP contribution in [0, 0.1) is 5.92 Å². The number of methoxy groups -OCH3 is 1. The van der Waals surface area contributed by atoms with Gasteiger partial charge in [0.05, 0.1) is 18.0 Å². The summed E-state index contributed by atoms with van der Waals surface area (Å²) in [4.78, 5) is 0. The molecule has 6 nitrogen and oxygen atoms in total. The Labute approximate surface area is 143 Å². The van der Waals surface area contributed by atoms with E-state index in [2.05, 4.69) is 0 Å². The summed E-state index contributed by atoms with van der Waals surface area (Å²) in [7, 11) is -2.50. The van der Waals surface area contributed by atoms with Crippen molar-refractivity contribution in [2.24, 2.45) is 5.92 Å². The molecule has 1 aliphatic heterocycles. The highest BCUT2D eigenvalue weighted by Crippen LogP contribution is 2.40. The third kappa shape index (κ3) is 4.77. The van der Waals surface area contributed by atoms with Crippen LogP contribution in [0.4, 0.5) is 0 Å². The summed E-state index contributed by atoms with van der Waals surface area (Å²) < 4.78 is 49.5. The van der Waals surface area contributed by atoms with Crippen LogP contribution in [0.1, 0.15) is 32.4 Å². The second kappa shape index (κ2) is 7.93. The second-order valence-corrected chi connectivity index (χ2v) is 8.00. The fraction of sp³-hybridized carbons (Fsp3) is 0.647. The Balaban J connectivity index is 2.30. The number of rotatable bonds is 7. The molecule has 0 spiro atoms. The summed E-state index contributed by atoms with van der Waals surface area (Å²) in [6.45, 7) is 5.55. The molecule has 1 aromatic rings. The van der Waals surface area contributed by atoms with E-state index in [0.29, 0.717) is 0 Å². The molecule has 1 aromatic carbocycles. The van der Waals surface area contributed by atoms with Crippen molar-refractivity contribution >= 4 is 10.1 Å². The average Bonchev–Trinajstić information content (AvgIpc) is 2.84. The molecule has 5 atom stereocenters. The lowest BCUT2D eigenvalue weighted by Gasteiger charge is -2.28. The van der Waals surface area contributed by atoms with Crippen molar-refractivity contribution in [1.29, 1.82) is 0 Å². The molecule has 0 aromatic heterocycles. The van der Waals surface area contributed by atoms with Gasteiger partial charge in [0, 0.05) is 13.0 Å². The summed E-state index contributed by atoms with van der Waals surface area (Å²) in [6.07, 6.45) is -1.69. The minimum absolute atomic E-state index is 0.0637. The van der Waals surface area contributed by atoms with Crippen LogP contribution in [0.5, 0.6) is 0 Å². The Bertz CT molecular complexity index is 615. The van der Waals surface area contributed by atoms with E-state index in [1.165, 1.54) is 0 Å². The van der Waals surface area contributed by atoms with Crippen molar-refractivity contribution in [1.82, 2.24) is 0 Å². The lowest BCUT2D eigenvalue weighted by Crippen LogP contribution is -2.41. The van der Waals surface area contributed by atoms with Crippen LogP contribution in [-0.2, 0) is 24.3 Å². The molecular weight excluding hydrogens is 332 g/mol. The van der Waals surface area contributed by atoms with E-state index in [9.17, 15) is 8.42 Å². The second-order valence-electron chi connectivity index (χ2n) is 6.51. The average molecular weight is 358 g/mol. The van der Waals surface area contributed by atoms with E-state index in [4.69, 9.17) is 18.8 Å². The molecule has 1 unspecified atom stereocenters. The number of hydrogen-bond acceptors (Lipinski definition) is 5. The van der Waals surface area contributed by atoms with Crippen molar-refractivity contribution < 1.29 is 27.2 Å². The Hall–Kier alpha value is -0.990. The van der Waals surface area contributed by atoms with Gasteiger partial charge in [-0.15, -0.1) is 0 Å².